The monoisotopic (exact) mass is 397 g/mol. The molecule has 0 spiro atoms. The van der Waals surface area contributed by atoms with Crippen molar-refractivity contribution in [3.05, 3.63) is 56.8 Å². The van der Waals surface area contributed by atoms with Crippen molar-refractivity contribution in [3.8, 4) is 0 Å². The number of nitrogens with zero attached hydrogens (tertiary/aromatic N) is 1. The van der Waals surface area contributed by atoms with Crippen LogP contribution in [-0.2, 0) is 12.7 Å². The third-order valence-electron chi connectivity index (χ3n) is 2.81. The molecule has 0 unspecified atom stereocenters. The first-order chi connectivity index (χ1) is 11.1. The Labute approximate surface area is 149 Å². The number of pyridine rings is 1. The number of carbonyl (C=O) groups excluding carboxylic acids is 1. The van der Waals surface area contributed by atoms with Crippen molar-refractivity contribution in [2.45, 2.75) is 12.7 Å². The lowest BCUT2D eigenvalue weighted by atomic mass is 10.1. The molecule has 24 heavy (non-hydrogen) atoms. The number of carbonyl (C=O) groups is 1. The van der Waals surface area contributed by atoms with E-state index in [1.165, 1.54) is 18.2 Å². The van der Waals surface area contributed by atoms with Gasteiger partial charge in [0.1, 0.15) is 10.3 Å². The van der Waals surface area contributed by atoms with Crippen LogP contribution < -0.4 is 10.6 Å². The maximum atomic E-state index is 12.8. The Bertz CT molecular complexity index is 748. The molecule has 4 nitrogen and oxygen atoms in total. The first-order valence-corrected chi connectivity index (χ1v) is 7.52. The van der Waals surface area contributed by atoms with Crippen molar-refractivity contribution in [1.29, 1.82) is 0 Å². The van der Waals surface area contributed by atoms with Crippen LogP contribution in [0.25, 0.3) is 0 Å². The smallest absolute Gasteiger partial charge is 0.334 e. The summed E-state index contributed by atoms with van der Waals surface area (Å²) in [5, 5.41) is 4.63. The molecule has 0 fully saturated rings. The number of urea groups is 1. The molecule has 1 aromatic heterocycles. The summed E-state index contributed by atoms with van der Waals surface area (Å²) in [7, 11) is 0. The van der Waals surface area contributed by atoms with E-state index in [0.717, 1.165) is 12.1 Å². The lowest BCUT2D eigenvalue weighted by molar-refractivity contribution is -0.137. The molecule has 10 heteroatoms. The fourth-order valence-electron chi connectivity index (χ4n) is 1.79. The van der Waals surface area contributed by atoms with Gasteiger partial charge in [0, 0.05) is 12.2 Å². The molecule has 0 aliphatic rings. The van der Waals surface area contributed by atoms with Crippen molar-refractivity contribution >= 4 is 46.5 Å². The van der Waals surface area contributed by atoms with Gasteiger partial charge in [-0.3, -0.25) is 0 Å². The summed E-state index contributed by atoms with van der Waals surface area (Å²) in [6.07, 6.45) is -4.57. The topological polar surface area (TPSA) is 54.0 Å². The Morgan fingerprint density at radius 2 is 1.71 bits per heavy atom. The van der Waals surface area contributed by atoms with Crippen LogP contribution >= 0.6 is 34.8 Å². The zero-order valence-electron chi connectivity index (χ0n) is 11.7. The molecular formula is C14H9Cl3F3N3O. The van der Waals surface area contributed by atoms with Crippen LogP contribution in [0.15, 0.2) is 30.3 Å². The minimum atomic E-state index is -4.57. The maximum absolute atomic E-state index is 12.8. The molecule has 1 heterocycles. The molecule has 1 aromatic carbocycles. The third-order valence-corrected chi connectivity index (χ3v) is 3.53. The molecule has 2 rings (SSSR count). The van der Waals surface area contributed by atoms with Crippen molar-refractivity contribution < 1.29 is 18.0 Å². The number of nitrogens with one attached hydrogen (secondary N) is 2. The number of hydrogen-bond donors (Lipinski definition) is 2. The number of hydrogen-bond acceptors (Lipinski definition) is 2. The molecule has 0 saturated heterocycles. The summed E-state index contributed by atoms with van der Waals surface area (Å²) >= 11 is 16.9. The molecule has 2 amide bonds. The molecule has 0 saturated carbocycles. The number of anilines is 1. The van der Waals surface area contributed by atoms with Gasteiger partial charge in [-0.1, -0.05) is 40.9 Å². The second kappa shape index (κ2) is 7.46. The third kappa shape index (κ3) is 5.15. The molecule has 128 valence electrons. The van der Waals surface area contributed by atoms with Crippen LogP contribution in [-0.4, -0.2) is 11.0 Å². The molecule has 0 aliphatic heterocycles. The summed E-state index contributed by atoms with van der Waals surface area (Å²) in [4.78, 5) is 15.5. The highest BCUT2D eigenvalue weighted by Gasteiger charge is 2.33. The van der Waals surface area contributed by atoms with E-state index in [1.807, 2.05) is 0 Å². The van der Waals surface area contributed by atoms with Crippen LogP contribution in [0.5, 0.6) is 0 Å². The van der Waals surface area contributed by atoms with Crippen LogP contribution in [0, 0.1) is 0 Å². The molecule has 0 bridgehead atoms. The standard InChI is InChI=1S/C14H9Cl3F3N3O/c15-10-2-1-7(3-9(10)14(18,19)20)6-21-13(24)22-8-4-11(16)23-12(17)5-8/h1-5H,6H2,(H2,21,22,23,24). The number of rotatable bonds is 3. The average molecular weight is 399 g/mol. The van der Waals surface area contributed by atoms with E-state index in [0.29, 0.717) is 5.69 Å². The van der Waals surface area contributed by atoms with Crippen molar-refractivity contribution in [1.82, 2.24) is 10.3 Å². The fourth-order valence-corrected chi connectivity index (χ4v) is 2.48. The average Bonchev–Trinajstić information content (AvgIpc) is 2.44. The van der Waals surface area contributed by atoms with E-state index < -0.39 is 22.8 Å². The Morgan fingerprint density at radius 3 is 2.29 bits per heavy atom. The zero-order chi connectivity index (χ0) is 17.9. The maximum Gasteiger partial charge on any atom is 0.417 e. The van der Waals surface area contributed by atoms with E-state index in [-0.39, 0.29) is 22.4 Å². The molecule has 2 aromatic rings. The summed E-state index contributed by atoms with van der Waals surface area (Å²) < 4.78 is 38.3. The van der Waals surface area contributed by atoms with E-state index >= 15 is 0 Å². The van der Waals surface area contributed by atoms with E-state index in [1.54, 1.807) is 0 Å². The Balaban J connectivity index is 2.01. The first kappa shape index (κ1) is 18.6. The van der Waals surface area contributed by atoms with Gasteiger partial charge in [-0.2, -0.15) is 13.2 Å². The van der Waals surface area contributed by atoms with Gasteiger partial charge in [0.05, 0.1) is 10.6 Å². The van der Waals surface area contributed by atoms with Gasteiger partial charge in [0.2, 0.25) is 0 Å². The minimum Gasteiger partial charge on any atom is -0.334 e. The lowest BCUT2D eigenvalue weighted by Gasteiger charge is -2.12. The summed E-state index contributed by atoms with van der Waals surface area (Å²) in [6.45, 7) is -0.126. The molecule has 2 N–H and O–H groups in total. The van der Waals surface area contributed by atoms with Crippen LogP contribution in [0.2, 0.25) is 15.3 Å². The van der Waals surface area contributed by atoms with Gasteiger partial charge in [0.15, 0.2) is 0 Å². The van der Waals surface area contributed by atoms with Gasteiger partial charge in [-0.15, -0.1) is 0 Å². The van der Waals surface area contributed by atoms with Crippen LogP contribution in [0.3, 0.4) is 0 Å². The normalized spacial score (nSPS) is 11.2. The van der Waals surface area contributed by atoms with E-state index in [4.69, 9.17) is 34.8 Å². The number of benzene rings is 1. The van der Waals surface area contributed by atoms with Gasteiger partial charge < -0.3 is 10.6 Å². The minimum absolute atomic E-state index is 0.0883. The number of amides is 2. The van der Waals surface area contributed by atoms with Gasteiger partial charge in [0.25, 0.3) is 0 Å². The van der Waals surface area contributed by atoms with Crippen LogP contribution in [0.1, 0.15) is 11.1 Å². The second-order valence-electron chi connectivity index (χ2n) is 4.62. The van der Waals surface area contributed by atoms with Gasteiger partial charge in [-0.25, -0.2) is 9.78 Å². The number of aromatic nitrogens is 1. The highest BCUT2D eigenvalue weighted by atomic mass is 35.5. The molecule has 0 aliphatic carbocycles. The highest BCUT2D eigenvalue weighted by Crippen LogP contribution is 2.35. The van der Waals surface area contributed by atoms with Gasteiger partial charge in [-0.05, 0) is 29.8 Å². The molecular weight excluding hydrogens is 390 g/mol. The van der Waals surface area contributed by atoms with Crippen molar-refractivity contribution in [2.24, 2.45) is 0 Å². The lowest BCUT2D eigenvalue weighted by Crippen LogP contribution is -2.28. The Kier molecular flexibility index (Phi) is 5.79. The molecule has 0 atom stereocenters. The Morgan fingerprint density at radius 1 is 1.08 bits per heavy atom. The predicted octanol–water partition coefficient (Wildman–Crippen LogP) is 5.38. The SMILES string of the molecule is O=C(NCc1ccc(Cl)c(C(F)(F)F)c1)Nc1cc(Cl)nc(Cl)c1. The summed E-state index contributed by atoms with van der Waals surface area (Å²) in [5.74, 6) is 0. The van der Waals surface area contributed by atoms with Crippen molar-refractivity contribution in [2.75, 3.05) is 5.32 Å². The zero-order valence-corrected chi connectivity index (χ0v) is 14.0. The van der Waals surface area contributed by atoms with Crippen molar-refractivity contribution in [3.63, 3.8) is 0 Å². The highest BCUT2D eigenvalue weighted by molar-refractivity contribution is 6.33. The Hall–Kier alpha value is -1.70. The van der Waals surface area contributed by atoms with E-state index in [2.05, 4.69) is 15.6 Å². The summed E-state index contributed by atoms with van der Waals surface area (Å²) in [6, 6.07) is 5.49. The van der Waals surface area contributed by atoms with Gasteiger partial charge >= 0.3 is 12.2 Å². The van der Waals surface area contributed by atoms with Crippen LogP contribution in [0.4, 0.5) is 23.7 Å². The fraction of sp³-hybridized carbons (Fsp3) is 0.143. The second-order valence-corrected chi connectivity index (χ2v) is 5.80. The summed E-state index contributed by atoms with van der Waals surface area (Å²) in [5.41, 5.74) is -0.422. The number of alkyl halides is 3. The first-order valence-electron chi connectivity index (χ1n) is 6.39. The quantitative estimate of drug-likeness (QED) is 0.682. The van der Waals surface area contributed by atoms with E-state index in [9.17, 15) is 18.0 Å². The number of halogens is 6. The molecule has 0 radical (unpaired) electrons. The largest absolute Gasteiger partial charge is 0.417 e. The predicted molar refractivity (Wildman–Crippen MR) is 86.6 cm³/mol.